The smallest absolute Gasteiger partial charge is 0.325 e. The predicted octanol–water partition coefficient (Wildman–Crippen LogP) is 2.30. The number of fused-ring (bicyclic) bond motifs is 1. The van der Waals surface area contributed by atoms with Gasteiger partial charge in [0.05, 0.1) is 18.1 Å². The van der Waals surface area contributed by atoms with Crippen LogP contribution in [0.25, 0.3) is 11.0 Å². The van der Waals surface area contributed by atoms with Crippen LogP contribution >= 0.6 is 11.6 Å². The van der Waals surface area contributed by atoms with Gasteiger partial charge in [-0.2, -0.15) is 0 Å². The van der Waals surface area contributed by atoms with Crippen LogP contribution in [-0.4, -0.2) is 28.5 Å². The summed E-state index contributed by atoms with van der Waals surface area (Å²) in [4.78, 5) is 16.0. The zero-order valence-corrected chi connectivity index (χ0v) is 11.2. The van der Waals surface area contributed by atoms with Gasteiger partial charge in [-0.15, -0.1) is 11.6 Å². The van der Waals surface area contributed by atoms with Crippen molar-refractivity contribution >= 4 is 28.6 Å². The van der Waals surface area contributed by atoms with Crippen LogP contribution in [0.5, 0.6) is 0 Å². The number of halogens is 1. The largest absolute Gasteiger partial charge is 0.468 e. The number of alkyl halides is 1. The number of hydrogen-bond donors (Lipinski definition) is 0. The topological polar surface area (TPSA) is 44.1 Å². The molecule has 0 N–H and O–H groups in total. The molecule has 18 heavy (non-hydrogen) atoms. The van der Waals surface area contributed by atoms with E-state index >= 15 is 0 Å². The Bertz CT molecular complexity index is 578. The number of hydrogen-bond acceptors (Lipinski definition) is 3. The number of esters is 1. The molecule has 2 rings (SSSR count). The summed E-state index contributed by atoms with van der Waals surface area (Å²) in [5.41, 5.74) is 2.95. The van der Waals surface area contributed by atoms with E-state index in [4.69, 9.17) is 16.3 Å². The van der Waals surface area contributed by atoms with Gasteiger partial charge < -0.3 is 9.30 Å². The van der Waals surface area contributed by atoms with Crippen molar-refractivity contribution in [3.05, 3.63) is 29.6 Å². The van der Waals surface area contributed by atoms with Crippen LogP contribution in [0.2, 0.25) is 0 Å². The fourth-order valence-electron chi connectivity index (χ4n) is 1.98. The number of aryl methyl sites for hydroxylation is 2. The Morgan fingerprint density at radius 1 is 1.50 bits per heavy atom. The quantitative estimate of drug-likeness (QED) is 0.630. The maximum Gasteiger partial charge on any atom is 0.325 e. The molecule has 0 atom stereocenters. The van der Waals surface area contributed by atoms with Crippen LogP contribution in [0, 0.1) is 6.92 Å². The molecule has 0 amide bonds. The number of rotatable bonds is 4. The van der Waals surface area contributed by atoms with Crippen LogP contribution in [0.15, 0.2) is 18.2 Å². The van der Waals surface area contributed by atoms with E-state index in [0.717, 1.165) is 22.4 Å². The molecular formula is C13H15ClN2O2. The number of methoxy groups -OCH3 is 1. The highest BCUT2D eigenvalue weighted by Crippen LogP contribution is 2.20. The van der Waals surface area contributed by atoms with Crippen LogP contribution in [0.3, 0.4) is 0 Å². The van der Waals surface area contributed by atoms with E-state index in [2.05, 4.69) is 4.98 Å². The highest BCUT2D eigenvalue weighted by Gasteiger charge is 2.14. The third-order valence-electron chi connectivity index (χ3n) is 2.89. The second-order valence-electron chi connectivity index (χ2n) is 4.07. The lowest BCUT2D eigenvalue weighted by Crippen LogP contribution is -2.14. The van der Waals surface area contributed by atoms with Crippen LogP contribution in [0.1, 0.15) is 11.4 Å². The second-order valence-corrected chi connectivity index (χ2v) is 4.45. The number of imidazole rings is 1. The van der Waals surface area contributed by atoms with Gasteiger partial charge in [-0.3, -0.25) is 4.79 Å². The maximum atomic E-state index is 11.5. The van der Waals surface area contributed by atoms with Gasteiger partial charge in [-0.1, -0.05) is 12.1 Å². The zero-order chi connectivity index (χ0) is 13.1. The molecule has 4 nitrogen and oxygen atoms in total. The number of carbonyl (C=O) groups is 1. The monoisotopic (exact) mass is 266 g/mol. The van der Waals surface area contributed by atoms with Crippen molar-refractivity contribution in [1.29, 1.82) is 0 Å². The van der Waals surface area contributed by atoms with Gasteiger partial charge in [0.1, 0.15) is 12.4 Å². The van der Waals surface area contributed by atoms with E-state index in [9.17, 15) is 4.79 Å². The maximum absolute atomic E-state index is 11.5. The Morgan fingerprint density at radius 3 is 2.94 bits per heavy atom. The first-order valence-corrected chi connectivity index (χ1v) is 6.28. The molecule has 0 saturated carbocycles. The third-order valence-corrected chi connectivity index (χ3v) is 3.08. The molecule has 0 bridgehead atoms. The van der Waals surface area contributed by atoms with E-state index < -0.39 is 0 Å². The summed E-state index contributed by atoms with van der Waals surface area (Å²) in [6.07, 6.45) is 0.632. The van der Waals surface area contributed by atoms with Gasteiger partial charge in [0.2, 0.25) is 0 Å². The minimum Gasteiger partial charge on any atom is -0.468 e. The highest BCUT2D eigenvalue weighted by molar-refractivity contribution is 6.17. The lowest BCUT2D eigenvalue weighted by atomic mass is 10.2. The second kappa shape index (κ2) is 5.40. The molecule has 0 aliphatic heterocycles. The molecular weight excluding hydrogens is 252 g/mol. The van der Waals surface area contributed by atoms with E-state index in [1.807, 2.05) is 29.7 Å². The normalized spacial score (nSPS) is 10.8. The van der Waals surface area contributed by atoms with Crippen LogP contribution in [-0.2, 0) is 22.5 Å². The summed E-state index contributed by atoms with van der Waals surface area (Å²) in [5, 5.41) is 0. The summed E-state index contributed by atoms with van der Waals surface area (Å²) in [6.45, 7) is 2.17. The Morgan fingerprint density at radius 2 is 2.28 bits per heavy atom. The van der Waals surface area contributed by atoms with E-state index in [0.29, 0.717) is 12.3 Å². The Labute approximate surface area is 111 Å². The number of nitrogens with zero attached hydrogens (tertiary/aromatic N) is 2. The van der Waals surface area contributed by atoms with E-state index in [-0.39, 0.29) is 12.5 Å². The molecule has 5 heteroatoms. The highest BCUT2D eigenvalue weighted by atomic mass is 35.5. The predicted molar refractivity (Wildman–Crippen MR) is 70.9 cm³/mol. The Kier molecular flexibility index (Phi) is 3.87. The fourth-order valence-corrected chi connectivity index (χ4v) is 2.15. The van der Waals surface area contributed by atoms with Gasteiger partial charge in [0, 0.05) is 12.3 Å². The molecule has 0 radical (unpaired) electrons. The minimum atomic E-state index is -0.286. The summed E-state index contributed by atoms with van der Waals surface area (Å²) < 4.78 is 6.59. The minimum absolute atomic E-state index is 0.169. The number of para-hydroxylation sites is 1. The summed E-state index contributed by atoms with van der Waals surface area (Å²) in [7, 11) is 1.38. The van der Waals surface area contributed by atoms with Crippen molar-refractivity contribution in [2.75, 3.05) is 13.0 Å². The zero-order valence-electron chi connectivity index (χ0n) is 10.4. The first-order valence-electron chi connectivity index (χ1n) is 5.75. The molecule has 0 unspecified atom stereocenters. The first kappa shape index (κ1) is 12.9. The third kappa shape index (κ3) is 2.34. The van der Waals surface area contributed by atoms with Gasteiger partial charge in [0.15, 0.2) is 0 Å². The lowest BCUT2D eigenvalue weighted by molar-refractivity contribution is -0.141. The standard InChI is InChI=1S/C13H15ClN2O2/c1-9-4-3-5-10-13(9)15-11(6-7-14)16(10)8-12(17)18-2/h3-5H,6-8H2,1-2H3. The summed E-state index contributed by atoms with van der Waals surface area (Å²) >= 11 is 5.78. The fraction of sp³-hybridized carbons (Fsp3) is 0.385. The molecule has 1 aromatic heterocycles. The molecule has 1 heterocycles. The van der Waals surface area contributed by atoms with Gasteiger partial charge in [-0.25, -0.2) is 4.98 Å². The van der Waals surface area contributed by atoms with Gasteiger partial charge >= 0.3 is 5.97 Å². The Balaban J connectivity index is 2.55. The molecule has 96 valence electrons. The molecule has 0 aliphatic rings. The van der Waals surface area contributed by atoms with E-state index in [1.54, 1.807) is 0 Å². The summed E-state index contributed by atoms with van der Waals surface area (Å²) in [6, 6.07) is 5.91. The molecule has 1 aromatic carbocycles. The van der Waals surface area contributed by atoms with Crippen molar-refractivity contribution in [2.45, 2.75) is 19.9 Å². The average molecular weight is 267 g/mol. The molecule has 0 saturated heterocycles. The van der Waals surface area contributed by atoms with E-state index in [1.165, 1.54) is 7.11 Å². The van der Waals surface area contributed by atoms with Crippen molar-refractivity contribution in [3.8, 4) is 0 Å². The van der Waals surface area contributed by atoms with Gasteiger partial charge in [-0.05, 0) is 18.6 Å². The summed E-state index contributed by atoms with van der Waals surface area (Å²) in [5.74, 6) is 1.01. The lowest BCUT2D eigenvalue weighted by Gasteiger charge is -2.06. The van der Waals surface area contributed by atoms with Crippen molar-refractivity contribution < 1.29 is 9.53 Å². The first-order chi connectivity index (χ1) is 8.67. The molecule has 0 spiro atoms. The van der Waals surface area contributed by atoms with Crippen molar-refractivity contribution in [2.24, 2.45) is 0 Å². The van der Waals surface area contributed by atoms with Crippen molar-refractivity contribution in [1.82, 2.24) is 9.55 Å². The molecule has 0 aliphatic carbocycles. The number of benzene rings is 1. The van der Waals surface area contributed by atoms with Crippen LogP contribution in [0.4, 0.5) is 0 Å². The van der Waals surface area contributed by atoms with Gasteiger partial charge in [0.25, 0.3) is 0 Å². The molecule has 0 fully saturated rings. The average Bonchev–Trinajstić information content (AvgIpc) is 2.70. The Hall–Kier alpha value is -1.55. The van der Waals surface area contributed by atoms with Crippen molar-refractivity contribution in [3.63, 3.8) is 0 Å². The number of aromatic nitrogens is 2. The molecule has 2 aromatic rings. The number of carbonyl (C=O) groups excluding carboxylic acids is 1. The van der Waals surface area contributed by atoms with Crippen LogP contribution < -0.4 is 0 Å². The SMILES string of the molecule is COC(=O)Cn1c(CCCl)nc2c(C)cccc21. The number of ether oxygens (including phenoxy) is 1.